The maximum absolute atomic E-state index is 12.5. The zero-order valence-corrected chi connectivity index (χ0v) is 16.4. The number of urea groups is 1. The van der Waals surface area contributed by atoms with Crippen LogP contribution in [-0.4, -0.2) is 58.5 Å². The zero-order valence-electron chi connectivity index (χ0n) is 14.8. The maximum Gasteiger partial charge on any atom is 0.317 e. The Morgan fingerprint density at radius 3 is 2.38 bits per heavy atom. The molecule has 26 heavy (non-hydrogen) atoms. The van der Waals surface area contributed by atoms with Crippen LogP contribution >= 0.6 is 15.9 Å². The Bertz CT molecular complexity index is 707. The first-order valence-corrected chi connectivity index (χ1v) is 10.0. The fourth-order valence-electron chi connectivity index (χ4n) is 3.54. The Labute approximate surface area is 161 Å². The van der Waals surface area contributed by atoms with E-state index in [2.05, 4.69) is 21.2 Å². The Balaban J connectivity index is 1.48. The molecule has 1 saturated carbocycles. The number of amides is 3. The van der Waals surface area contributed by atoms with E-state index in [0.29, 0.717) is 32.2 Å². The zero-order chi connectivity index (χ0) is 18.5. The van der Waals surface area contributed by atoms with Gasteiger partial charge in [0, 0.05) is 49.0 Å². The lowest BCUT2D eigenvalue weighted by Gasteiger charge is -2.36. The van der Waals surface area contributed by atoms with E-state index < -0.39 is 0 Å². The smallest absolute Gasteiger partial charge is 0.317 e. The molecular formula is C18H25BrN4O3. The van der Waals surface area contributed by atoms with E-state index in [1.165, 1.54) is 29.9 Å². The van der Waals surface area contributed by atoms with Crippen LogP contribution < -0.4 is 10.9 Å². The van der Waals surface area contributed by atoms with Crippen LogP contribution in [0.3, 0.4) is 0 Å². The molecule has 2 heterocycles. The molecule has 0 atom stereocenters. The van der Waals surface area contributed by atoms with Crippen molar-refractivity contribution in [2.75, 3.05) is 26.2 Å². The van der Waals surface area contributed by atoms with Crippen LogP contribution in [0.2, 0.25) is 0 Å². The molecule has 0 spiro atoms. The third kappa shape index (κ3) is 4.87. The summed E-state index contributed by atoms with van der Waals surface area (Å²) in [6, 6.07) is 3.37. The second-order valence-corrected chi connectivity index (χ2v) is 7.88. The standard InChI is InChI=1S/C18H25BrN4O3/c19-14-6-7-16(24)23(12-14)13-17(25)21-8-10-22(11-9-21)18(26)20-15-4-2-1-3-5-15/h6-7,12,15H,1-5,8-11,13H2,(H,20,26). The van der Waals surface area contributed by atoms with Crippen molar-refractivity contribution in [3.05, 3.63) is 33.2 Å². The molecule has 1 aromatic rings. The lowest BCUT2D eigenvalue weighted by atomic mass is 9.96. The van der Waals surface area contributed by atoms with E-state index >= 15 is 0 Å². The first-order valence-electron chi connectivity index (χ1n) is 9.22. The molecule has 1 N–H and O–H groups in total. The van der Waals surface area contributed by atoms with E-state index in [-0.39, 0.29) is 24.0 Å². The Hall–Kier alpha value is -1.83. The van der Waals surface area contributed by atoms with Gasteiger partial charge in [0.15, 0.2) is 0 Å². The van der Waals surface area contributed by atoms with Crippen LogP contribution in [0.1, 0.15) is 32.1 Å². The molecule has 1 saturated heterocycles. The molecule has 2 aliphatic rings. The Kier molecular flexibility index (Phi) is 6.34. The van der Waals surface area contributed by atoms with E-state index in [1.54, 1.807) is 22.1 Å². The van der Waals surface area contributed by atoms with Crippen molar-refractivity contribution in [2.45, 2.75) is 44.7 Å². The van der Waals surface area contributed by atoms with Crippen molar-refractivity contribution < 1.29 is 9.59 Å². The summed E-state index contributed by atoms with van der Waals surface area (Å²) in [6.07, 6.45) is 7.36. The average molecular weight is 425 g/mol. The normalized spacial score (nSPS) is 18.7. The molecule has 8 heteroatoms. The molecular weight excluding hydrogens is 400 g/mol. The van der Waals surface area contributed by atoms with Crippen LogP contribution in [0, 0.1) is 0 Å². The number of aromatic nitrogens is 1. The fraction of sp³-hybridized carbons (Fsp3) is 0.611. The van der Waals surface area contributed by atoms with E-state index in [1.807, 2.05) is 0 Å². The lowest BCUT2D eigenvalue weighted by Crippen LogP contribution is -2.55. The molecule has 0 unspecified atom stereocenters. The minimum absolute atomic E-state index is 0.0204. The monoisotopic (exact) mass is 424 g/mol. The summed E-state index contributed by atoms with van der Waals surface area (Å²) in [7, 11) is 0. The van der Waals surface area contributed by atoms with Crippen LogP contribution in [0.15, 0.2) is 27.6 Å². The van der Waals surface area contributed by atoms with Crippen molar-refractivity contribution in [1.82, 2.24) is 19.7 Å². The summed E-state index contributed by atoms with van der Waals surface area (Å²) in [5, 5.41) is 3.12. The molecule has 0 radical (unpaired) electrons. The van der Waals surface area contributed by atoms with Crippen molar-refractivity contribution in [3.8, 4) is 0 Å². The minimum Gasteiger partial charge on any atom is -0.338 e. The van der Waals surface area contributed by atoms with E-state index in [9.17, 15) is 14.4 Å². The number of carbonyl (C=O) groups excluding carboxylic acids is 2. The minimum atomic E-state index is -0.202. The highest BCUT2D eigenvalue weighted by molar-refractivity contribution is 9.10. The number of nitrogens with zero attached hydrogens (tertiary/aromatic N) is 3. The first-order chi connectivity index (χ1) is 12.5. The second-order valence-electron chi connectivity index (χ2n) is 6.97. The van der Waals surface area contributed by atoms with Gasteiger partial charge in [0.25, 0.3) is 5.56 Å². The highest BCUT2D eigenvalue weighted by Crippen LogP contribution is 2.17. The molecule has 0 aromatic carbocycles. The number of pyridine rings is 1. The summed E-state index contributed by atoms with van der Waals surface area (Å²) in [6.45, 7) is 2.07. The van der Waals surface area contributed by atoms with Gasteiger partial charge >= 0.3 is 6.03 Å². The third-order valence-corrected chi connectivity index (χ3v) is 5.57. The van der Waals surface area contributed by atoms with Crippen LogP contribution in [-0.2, 0) is 11.3 Å². The van der Waals surface area contributed by atoms with Gasteiger partial charge in [0.2, 0.25) is 5.91 Å². The summed E-state index contributed by atoms with van der Waals surface area (Å²) in [4.78, 5) is 40.2. The van der Waals surface area contributed by atoms with Gasteiger partial charge in [-0.25, -0.2) is 4.79 Å². The van der Waals surface area contributed by atoms with Gasteiger partial charge in [0.1, 0.15) is 6.54 Å². The molecule has 1 aliphatic heterocycles. The van der Waals surface area contributed by atoms with Crippen molar-refractivity contribution in [1.29, 1.82) is 0 Å². The first kappa shape index (κ1) is 18.9. The van der Waals surface area contributed by atoms with Crippen molar-refractivity contribution in [3.63, 3.8) is 0 Å². The van der Waals surface area contributed by atoms with E-state index in [4.69, 9.17) is 0 Å². The topological polar surface area (TPSA) is 74.7 Å². The largest absolute Gasteiger partial charge is 0.338 e. The number of halogens is 1. The molecule has 3 rings (SSSR count). The van der Waals surface area contributed by atoms with Crippen molar-refractivity contribution >= 4 is 27.9 Å². The SMILES string of the molecule is O=C(Cn1cc(Br)ccc1=O)N1CCN(C(=O)NC2CCCCC2)CC1. The number of piperazine rings is 1. The number of hydrogen-bond acceptors (Lipinski definition) is 3. The number of rotatable bonds is 3. The second kappa shape index (κ2) is 8.70. The van der Waals surface area contributed by atoms with Gasteiger partial charge in [-0.15, -0.1) is 0 Å². The number of nitrogens with one attached hydrogen (secondary N) is 1. The molecule has 7 nitrogen and oxygen atoms in total. The molecule has 2 fully saturated rings. The van der Waals surface area contributed by atoms with Gasteiger partial charge in [-0.3, -0.25) is 9.59 Å². The molecule has 1 aliphatic carbocycles. The molecule has 3 amide bonds. The molecule has 1 aromatic heterocycles. The highest BCUT2D eigenvalue weighted by atomic mass is 79.9. The van der Waals surface area contributed by atoms with E-state index in [0.717, 1.165) is 17.3 Å². The lowest BCUT2D eigenvalue weighted by molar-refractivity contribution is -0.133. The van der Waals surface area contributed by atoms with Gasteiger partial charge in [-0.2, -0.15) is 0 Å². The van der Waals surface area contributed by atoms with Crippen molar-refractivity contribution in [2.24, 2.45) is 0 Å². The summed E-state index contributed by atoms with van der Waals surface area (Å²) in [5.74, 6) is -0.0995. The molecule has 0 bridgehead atoms. The highest BCUT2D eigenvalue weighted by Gasteiger charge is 2.26. The summed E-state index contributed by atoms with van der Waals surface area (Å²) in [5.41, 5.74) is -0.202. The van der Waals surface area contributed by atoms with Crippen LogP contribution in [0.4, 0.5) is 4.79 Å². The average Bonchev–Trinajstić information content (AvgIpc) is 2.65. The predicted octanol–water partition coefficient (Wildman–Crippen LogP) is 1.80. The summed E-state index contributed by atoms with van der Waals surface area (Å²) < 4.78 is 2.16. The van der Waals surface area contributed by atoms with Crippen LogP contribution in [0.5, 0.6) is 0 Å². The number of hydrogen-bond donors (Lipinski definition) is 1. The fourth-order valence-corrected chi connectivity index (χ4v) is 3.92. The number of carbonyl (C=O) groups is 2. The van der Waals surface area contributed by atoms with Gasteiger partial charge in [-0.1, -0.05) is 19.3 Å². The van der Waals surface area contributed by atoms with Gasteiger partial charge in [0.05, 0.1) is 0 Å². The maximum atomic E-state index is 12.5. The predicted molar refractivity (Wildman–Crippen MR) is 102 cm³/mol. The molecule has 142 valence electrons. The van der Waals surface area contributed by atoms with Gasteiger partial charge in [-0.05, 0) is 34.8 Å². The summed E-state index contributed by atoms with van der Waals surface area (Å²) >= 11 is 3.31. The third-order valence-electron chi connectivity index (χ3n) is 5.11. The quantitative estimate of drug-likeness (QED) is 0.803. The van der Waals surface area contributed by atoms with Crippen LogP contribution in [0.25, 0.3) is 0 Å². The van der Waals surface area contributed by atoms with Gasteiger partial charge < -0.3 is 19.7 Å². The Morgan fingerprint density at radius 1 is 1.04 bits per heavy atom. The Morgan fingerprint density at radius 2 is 1.69 bits per heavy atom.